The molecule has 3 aromatic rings. The summed E-state index contributed by atoms with van der Waals surface area (Å²) in [7, 11) is 1.51. The summed E-state index contributed by atoms with van der Waals surface area (Å²) in [5.41, 5.74) is 2.86. The van der Waals surface area contributed by atoms with E-state index < -0.39 is 17.5 Å². The minimum atomic E-state index is -0.977. The molecule has 0 bridgehead atoms. The van der Waals surface area contributed by atoms with Gasteiger partial charge in [-0.15, -0.1) is 0 Å². The normalized spacial score (nSPS) is 12.5. The maximum absolute atomic E-state index is 13.7. The Kier molecular flexibility index (Phi) is 4.84. The van der Waals surface area contributed by atoms with Crippen molar-refractivity contribution >= 4 is 17.5 Å². The Morgan fingerprint density at radius 3 is 2.59 bits per heavy atom. The maximum atomic E-state index is 13.7. The predicted octanol–water partition coefficient (Wildman–Crippen LogP) is 3.25. The highest BCUT2D eigenvalue weighted by Gasteiger charge is 2.28. The summed E-state index contributed by atoms with van der Waals surface area (Å²) in [6, 6.07) is 10.2. The summed E-state index contributed by atoms with van der Waals surface area (Å²) in [5.74, 6) is -2.70. The molecule has 0 saturated heterocycles. The Morgan fingerprint density at radius 1 is 1.03 bits per heavy atom. The molecule has 148 valence electrons. The first-order chi connectivity index (χ1) is 14.0. The van der Waals surface area contributed by atoms with Crippen LogP contribution in [0.15, 0.2) is 42.5 Å². The number of aromatic nitrogens is 2. The lowest BCUT2D eigenvalue weighted by Crippen LogP contribution is -2.22. The number of nitrogens with one attached hydrogen (secondary N) is 2. The third kappa shape index (κ3) is 3.37. The van der Waals surface area contributed by atoms with Crippen LogP contribution in [-0.2, 0) is 12.8 Å². The lowest BCUT2D eigenvalue weighted by atomic mass is 10.1. The number of amides is 2. The molecular formula is C21H18F2N4O2. The molecule has 1 aliphatic rings. The van der Waals surface area contributed by atoms with Crippen molar-refractivity contribution in [3.63, 3.8) is 0 Å². The SMILES string of the molecule is CNC(=O)c1ccccc1NC(=O)c1nn(-c2ccc(F)c(F)c2)c2c1CCC2. The van der Waals surface area contributed by atoms with Crippen molar-refractivity contribution in [1.82, 2.24) is 15.1 Å². The number of hydrogen-bond donors (Lipinski definition) is 2. The van der Waals surface area contributed by atoms with Crippen LogP contribution in [-0.4, -0.2) is 28.6 Å². The summed E-state index contributed by atoms with van der Waals surface area (Å²) < 4.78 is 28.5. The molecule has 0 radical (unpaired) electrons. The number of carbonyl (C=O) groups is 2. The van der Waals surface area contributed by atoms with Gasteiger partial charge in [-0.3, -0.25) is 9.59 Å². The molecule has 0 atom stereocenters. The molecule has 0 saturated carbocycles. The van der Waals surface area contributed by atoms with Gasteiger partial charge >= 0.3 is 0 Å². The van der Waals surface area contributed by atoms with Crippen molar-refractivity contribution in [3.8, 4) is 5.69 Å². The number of rotatable bonds is 4. The van der Waals surface area contributed by atoms with Gasteiger partial charge in [-0.05, 0) is 43.5 Å². The minimum absolute atomic E-state index is 0.217. The predicted molar refractivity (Wildman–Crippen MR) is 103 cm³/mol. The first-order valence-corrected chi connectivity index (χ1v) is 9.18. The van der Waals surface area contributed by atoms with Crippen molar-refractivity contribution in [2.75, 3.05) is 12.4 Å². The zero-order valence-corrected chi connectivity index (χ0v) is 15.6. The second-order valence-electron chi connectivity index (χ2n) is 6.72. The lowest BCUT2D eigenvalue weighted by molar-refractivity contribution is 0.0964. The molecule has 6 nitrogen and oxygen atoms in total. The van der Waals surface area contributed by atoms with Crippen LogP contribution >= 0.6 is 0 Å². The van der Waals surface area contributed by atoms with Gasteiger partial charge in [0.15, 0.2) is 17.3 Å². The number of carbonyl (C=O) groups excluding carboxylic acids is 2. The highest BCUT2D eigenvalue weighted by Crippen LogP contribution is 2.29. The number of halogens is 2. The fourth-order valence-corrected chi connectivity index (χ4v) is 3.56. The van der Waals surface area contributed by atoms with Crippen molar-refractivity contribution in [3.05, 3.63) is 76.6 Å². The summed E-state index contributed by atoms with van der Waals surface area (Å²) in [6.45, 7) is 0. The van der Waals surface area contributed by atoms with Crippen molar-refractivity contribution in [1.29, 1.82) is 0 Å². The molecule has 0 spiro atoms. The zero-order chi connectivity index (χ0) is 20.5. The molecule has 4 rings (SSSR count). The molecular weight excluding hydrogens is 378 g/mol. The van der Waals surface area contributed by atoms with Crippen LogP contribution in [0.3, 0.4) is 0 Å². The van der Waals surface area contributed by atoms with Crippen LogP contribution in [0.2, 0.25) is 0 Å². The van der Waals surface area contributed by atoms with Gasteiger partial charge in [-0.25, -0.2) is 13.5 Å². The Hall–Kier alpha value is -3.55. The van der Waals surface area contributed by atoms with E-state index >= 15 is 0 Å². The average Bonchev–Trinajstić information content (AvgIpc) is 3.32. The van der Waals surface area contributed by atoms with Crippen molar-refractivity contribution in [2.45, 2.75) is 19.3 Å². The number of hydrogen-bond acceptors (Lipinski definition) is 3. The van der Waals surface area contributed by atoms with Gasteiger partial charge < -0.3 is 10.6 Å². The maximum Gasteiger partial charge on any atom is 0.276 e. The van der Waals surface area contributed by atoms with Gasteiger partial charge in [0.25, 0.3) is 11.8 Å². The number of benzene rings is 2. The van der Waals surface area contributed by atoms with Crippen LogP contribution in [0.25, 0.3) is 5.69 Å². The number of fused-ring (bicyclic) bond motifs is 1. The standard InChI is InChI=1S/C21H18F2N4O2/c1-24-20(28)13-5-2-3-7-17(13)25-21(29)19-14-6-4-8-18(14)27(26-19)12-9-10-15(22)16(23)11-12/h2-3,5,7,9-11H,4,6,8H2,1H3,(H,24,28)(H,25,29). The summed E-state index contributed by atoms with van der Waals surface area (Å²) >= 11 is 0. The largest absolute Gasteiger partial charge is 0.355 e. The zero-order valence-electron chi connectivity index (χ0n) is 15.6. The van der Waals surface area contributed by atoms with Crippen LogP contribution in [0.5, 0.6) is 0 Å². The van der Waals surface area contributed by atoms with Gasteiger partial charge in [0.05, 0.1) is 16.9 Å². The van der Waals surface area contributed by atoms with Gasteiger partial charge in [-0.2, -0.15) is 5.10 Å². The average molecular weight is 396 g/mol. The molecule has 1 aromatic heterocycles. The quantitative estimate of drug-likeness (QED) is 0.711. The molecule has 8 heteroatoms. The Morgan fingerprint density at radius 2 is 1.83 bits per heavy atom. The third-order valence-corrected chi connectivity index (χ3v) is 4.94. The van der Waals surface area contributed by atoms with Crippen LogP contribution in [0.4, 0.5) is 14.5 Å². The Balaban J connectivity index is 1.71. The van der Waals surface area contributed by atoms with Crippen molar-refractivity contribution < 1.29 is 18.4 Å². The summed E-state index contributed by atoms with van der Waals surface area (Å²) in [5, 5.41) is 9.66. The summed E-state index contributed by atoms with van der Waals surface area (Å²) in [6.07, 6.45) is 2.19. The lowest BCUT2D eigenvalue weighted by Gasteiger charge is -2.09. The van der Waals surface area contributed by atoms with Crippen LogP contribution in [0, 0.1) is 11.6 Å². The molecule has 0 fully saturated rings. The monoisotopic (exact) mass is 396 g/mol. The molecule has 0 aliphatic heterocycles. The molecule has 1 aliphatic carbocycles. The van der Waals surface area contributed by atoms with Gasteiger partial charge in [0, 0.05) is 24.4 Å². The topological polar surface area (TPSA) is 76.0 Å². The van der Waals surface area contributed by atoms with E-state index in [1.165, 1.54) is 17.8 Å². The van der Waals surface area contributed by atoms with Gasteiger partial charge in [0.1, 0.15) is 0 Å². The fraction of sp³-hybridized carbons (Fsp3) is 0.190. The molecule has 29 heavy (non-hydrogen) atoms. The van der Waals surface area contributed by atoms with E-state index in [1.807, 2.05) is 0 Å². The van der Waals surface area contributed by atoms with Crippen LogP contribution in [0.1, 0.15) is 38.5 Å². The van der Waals surface area contributed by atoms with E-state index in [4.69, 9.17) is 0 Å². The third-order valence-electron chi connectivity index (χ3n) is 4.94. The highest BCUT2D eigenvalue weighted by atomic mass is 19.2. The first kappa shape index (κ1) is 18.8. The molecule has 2 aromatic carbocycles. The van der Waals surface area contributed by atoms with E-state index in [9.17, 15) is 18.4 Å². The Bertz CT molecular complexity index is 1120. The minimum Gasteiger partial charge on any atom is -0.355 e. The summed E-state index contributed by atoms with van der Waals surface area (Å²) in [4.78, 5) is 25.0. The second kappa shape index (κ2) is 7.46. The molecule has 1 heterocycles. The van der Waals surface area contributed by atoms with E-state index in [0.29, 0.717) is 29.8 Å². The molecule has 2 N–H and O–H groups in total. The van der Waals surface area contributed by atoms with Gasteiger partial charge in [-0.1, -0.05) is 12.1 Å². The fourth-order valence-electron chi connectivity index (χ4n) is 3.56. The van der Waals surface area contributed by atoms with E-state index in [2.05, 4.69) is 15.7 Å². The van der Waals surface area contributed by atoms with E-state index in [1.54, 1.807) is 24.3 Å². The Labute approximate surface area is 165 Å². The number of para-hydroxylation sites is 1. The van der Waals surface area contributed by atoms with Gasteiger partial charge in [0.2, 0.25) is 0 Å². The highest BCUT2D eigenvalue weighted by molar-refractivity contribution is 6.08. The smallest absolute Gasteiger partial charge is 0.276 e. The van der Waals surface area contributed by atoms with Crippen LogP contribution < -0.4 is 10.6 Å². The van der Waals surface area contributed by atoms with E-state index in [-0.39, 0.29) is 11.6 Å². The van der Waals surface area contributed by atoms with Crippen molar-refractivity contribution in [2.24, 2.45) is 0 Å². The first-order valence-electron chi connectivity index (χ1n) is 9.18. The second-order valence-corrected chi connectivity index (χ2v) is 6.72. The molecule has 2 amide bonds. The number of nitrogens with zero attached hydrogens (tertiary/aromatic N) is 2. The molecule has 0 unspecified atom stereocenters. The van der Waals surface area contributed by atoms with E-state index in [0.717, 1.165) is 29.8 Å². The number of anilines is 1.